The van der Waals surface area contributed by atoms with Crippen molar-refractivity contribution in [2.45, 2.75) is 52.1 Å². The van der Waals surface area contributed by atoms with E-state index in [1.54, 1.807) is 24.3 Å². The van der Waals surface area contributed by atoms with Gasteiger partial charge in [-0.05, 0) is 43.0 Å². The van der Waals surface area contributed by atoms with Crippen molar-refractivity contribution in [3.05, 3.63) is 28.7 Å². The summed E-state index contributed by atoms with van der Waals surface area (Å²) in [5.41, 5.74) is 0.587. The van der Waals surface area contributed by atoms with Crippen LogP contribution >= 0.6 is 15.9 Å². The van der Waals surface area contributed by atoms with Crippen molar-refractivity contribution in [2.75, 3.05) is 5.32 Å². The average molecular weight is 428 g/mol. The van der Waals surface area contributed by atoms with E-state index in [4.69, 9.17) is 0 Å². The second-order valence-corrected chi connectivity index (χ2v) is 7.39. The number of carbonyl (C=O) groups is 3. The Kier molecular flexibility index (Phi) is 9.12. The number of halogens is 1. The predicted octanol–water partition coefficient (Wildman–Crippen LogP) is 3.35. The first-order valence-corrected chi connectivity index (χ1v) is 9.38. The molecule has 0 radical (unpaired) electrons. The Morgan fingerprint density at radius 1 is 1.08 bits per heavy atom. The van der Waals surface area contributed by atoms with Crippen LogP contribution < -0.4 is 16.0 Å². The number of carbonyl (C=O) groups excluding carboxylic acids is 2. The second kappa shape index (κ2) is 10.8. The molecular formula is C18H26BrN3O4. The van der Waals surface area contributed by atoms with Crippen LogP contribution in [0.25, 0.3) is 0 Å². The minimum atomic E-state index is -1.08. The lowest BCUT2D eigenvalue weighted by molar-refractivity contribution is -0.142. The number of benzene rings is 1. The molecule has 0 aromatic heterocycles. The summed E-state index contributed by atoms with van der Waals surface area (Å²) >= 11 is 3.32. The smallest absolute Gasteiger partial charge is 0.326 e. The molecular weight excluding hydrogens is 402 g/mol. The van der Waals surface area contributed by atoms with Crippen molar-refractivity contribution in [3.8, 4) is 0 Å². The summed E-state index contributed by atoms with van der Waals surface area (Å²) in [7, 11) is 0. The van der Waals surface area contributed by atoms with Gasteiger partial charge in [0.1, 0.15) is 12.1 Å². The number of aliphatic carboxylic acids is 1. The summed E-state index contributed by atoms with van der Waals surface area (Å²) in [4.78, 5) is 35.9. The van der Waals surface area contributed by atoms with Crippen molar-refractivity contribution < 1.29 is 19.5 Å². The number of carboxylic acid groups (broad SMARTS) is 1. The quantitative estimate of drug-likeness (QED) is 0.484. The van der Waals surface area contributed by atoms with Gasteiger partial charge in [-0.3, -0.25) is 4.79 Å². The lowest BCUT2D eigenvalue weighted by Crippen LogP contribution is -2.52. The zero-order chi connectivity index (χ0) is 19.7. The molecule has 0 aliphatic heterocycles. The molecule has 1 rings (SSSR count). The SMILES string of the molecule is CCCC(NC(=O)C(CC(C)C)NC(=O)Nc1ccc(Br)cc1)C(=O)O. The molecule has 0 aliphatic rings. The second-order valence-electron chi connectivity index (χ2n) is 6.48. The largest absolute Gasteiger partial charge is 0.480 e. The summed E-state index contributed by atoms with van der Waals surface area (Å²) < 4.78 is 0.885. The zero-order valence-electron chi connectivity index (χ0n) is 15.2. The molecule has 2 unspecified atom stereocenters. The van der Waals surface area contributed by atoms with E-state index in [0.29, 0.717) is 24.9 Å². The maximum absolute atomic E-state index is 12.5. The molecule has 0 aliphatic carbocycles. The molecule has 0 fully saturated rings. The van der Waals surface area contributed by atoms with E-state index in [1.807, 2.05) is 20.8 Å². The summed E-state index contributed by atoms with van der Waals surface area (Å²) in [6.07, 6.45) is 1.36. The lowest BCUT2D eigenvalue weighted by Gasteiger charge is -2.22. The normalized spacial score (nSPS) is 13.0. The van der Waals surface area contributed by atoms with Crippen LogP contribution in [0.5, 0.6) is 0 Å². The maximum Gasteiger partial charge on any atom is 0.326 e. The summed E-state index contributed by atoms with van der Waals surface area (Å²) in [5.74, 6) is -1.43. The fourth-order valence-electron chi connectivity index (χ4n) is 2.38. The molecule has 0 spiro atoms. The summed E-state index contributed by atoms with van der Waals surface area (Å²) in [6, 6.07) is 4.73. The minimum absolute atomic E-state index is 0.146. The maximum atomic E-state index is 12.5. The van der Waals surface area contributed by atoms with Crippen molar-refractivity contribution in [1.82, 2.24) is 10.6 Å². The lowest BCUT2D eigenvalue weighted by atomic mass is 10.0. The minimum Gasteiger partial charge on any atom is -0.480 e. The number of amides is 3. The topological polar surface area (TPSA) is 108 Å². The number of anilines is 1. The Labute approximate surface area is 162 Å². The van der Waals surface area contributed by atoms with Crippen LogP contribution in [-0.2, 0) is 9.59 Å². The molecule has 26 heavy (non-hydrogen) atoms. The van der Waals surface area contributed by atoms with E-state index in [2.05, 4.69) is 31.9 Å². The van der Waals surface area contributed by atoms with Gasteiger partial charge >= 0.3 is 12.0 Å². The molecule has 4 N–H and O–H groups in total. The Morgan fingerprint density at radius 3 is 2.19 bits per heavy atom. The van der Waals surface area contributed by atoms with Crippen LogP contribution in [0.15, 0.2) is 28.7 Å². The van der Waals surface area contributed by atoms with Crippen molar-refractivity contribution in [2.24, 2.45) is 5.92 Å². The standard InChI is InChI=1S/C18H26BrN3O4/c1-4-5-14(17(24)25)21-16(23)15(10-11(2)3)22-18(26)20-13-8-6-12(19)7-9-13/h6-9,11,14-15H,4-5,10H2,1-3H3,(H,21,23)(H,24,25)(H2,20,22,26). The van der Waals surface area contributed by atoms with Crippen LogP contribution in [-0.4, -0.2) is 35.1 Å². The van der Waals surface area contributed by atoms with E-state index in [1.165, 1.54) is 0 Å². The molecule has 2 atom stereocenters. The van der Waals surface area contributed by atoms with Crippen LogP contribution in [0, 0.1) is 5.92 Å². The van der Waals surface area contributed by atoms with Gasteiger partial charge in [-0.2, -0.15) is 0 Å². The summed E-state index contributed by atoms with van der Waals surface area (Å²) in [6.45, 7) is 5.70. The van der Waals surface area contributed by atoms with Gasteiger partial charge in [0.25, 0.3) is 0 Å². The molecule has 1 aromatic rings. The predicted molar refractivity (Wildman–Crippen MR) is 104 cm³/mol. The fourth-order valence-corrected chi connectivity index (χ4v) is 2.64. The van der Waals surface area contributed by atoms with Crippen LogP contribution in [0.2, 0.25) is 0 Å². The zero-order valence-corrected chi connectivity index (χ0v) is 16.8. The van der Waals surface area contributed by atoms with Gasteiger partial charge in [0.15, 0.2) is 0 Å². The first-order valence-electron chi connectivity index (χ1n) is 8.59. The highest BCUT2D eigenvalue weighted by molar-refractivity contribution is 9.10. The van der Waals surface area contributed by atoms with Gasteiger partial charge in [0.05, 0.1) is 0 Å². The fraction of sp³-hybridized carbons (Fsp3) is 0.500. The van der Waals surface area contributed by atoms with E-state index in [-0.39, 0.29) is 5.92 Å². The molecule has 144 valence electrons. The third-order valence-corrected chi connectivity index (χ3v) is 4.15. The van der Waals surface area contributed by atoms with Crippen LogP contribution in [0.4, 0.5) is 10.5 Å². The first kappa shape index (κ1) is 22.0. The number of rotatable bonds is 9. The number of urea groups is 1. The number of hydrogen-bond acceptors (Lipinski definition) is 3. The van der Waals surface area contributed by atoms with Crippen LogP contribution in [0.3, 0.4) is 0 Å². The highest BCUT2D eigenvalue weighted by Crippen LogP contribution is 2.14. The number of nitrogens with one attached hydrogen (secondary N) is 3. The Bertz CT molecular complexity index is 619. The van der Waals surface area contributed by atoms with Crippen LogP contribution in [0.1, 0.15) is 40.0 Å². The van der Waals surface area contributed by atoms with Crippen molar-refractivity contribution in [3.63, 3.8) is 0 Å². The molecule has 8 heteroatoms. The van der Waals surface area contributed by atoms with Gasteiger partial charge in [-0.15, -0.1) is 0 Å². The molecule has 0 heterocycles. The van der Waals surface area contributed by atoms with E-state index >= 15 is 0 Å². The van der Waals surface area contributed by atoms with Gasteiger partial charge < -0.3 is 21.1 Å². The van der Waals surface area contributed by atoms with E-state index < -0.39 is 30.0 Å². The van der Waals surface area contributed by atoms with Crippen molar-refractivity contribution >= 4 is 39.5 Å². The van der Waals surface area contributed by atoms with Crippen molar-refractivity contribution in [1.29, 1.82) is 0 Å². The van der Waals surface area contributed by atoms with Gasteiger partial charge in [0, 0.05) is 10.2 Å². The highest BCUT2D eigenvalue weighted by Gasteiger charge is 2.26. The molecule has 1 aromatic carbocycles. The number of carboxylic acids is 1. The highest BCUT2D eigenvalue weighted by atomic mass is 79.9. The third-order valence-electron chi connectivity index (χ3n) is 3.62. The van der Waals surface area contributed by atoms with E-state index in [9.17, 15) is 19.5 Å². The molecule has 0 saturated heterocycles. The molecule has 7 nitrogen and oxygen atoms in total. The molecule has 0 bridgehead atoms. The average Bonchev–Trinajstić information content (AvgIpc) is 2.55. The third kappa shape index (κ3) is 7.86. The van der Waals surface area contributed by atoms with E-state index in [0.717, 1.165) is 4.47 Å². The first-order chi connectivity index (χ1) is 12.2. The Hall–Kier alpha value is -2.09. The summed E-state index contributed by atoms with van der Waals surface area (Å²) in [5, 5.41) is 17.0. The molecule has 0 saturated carbocycles. The Balaban J connectivity index is 2.75. The monoisotopic (exact) mass is 427 g/mol. The number of hydrogen-bond donors (Lipinski definition) is 4. The van der Waals surface area contributed by atoms with Gasteiger partial charge in [0.2, 0.25) is 5.91 Å². The van der Waals surface area contributed by atoms with Gasteiger partial charge in [-0.1, -0.05) is 43.1 Å². The molecule has 3 amide bonds. The Morgan fingerprint density at radius 2 is 1.69 bits per heavy atom. The van der Waals surface area contributed by atoms with Gasteiger partial charge in [-0.25, -0.2) is 9.59 Å².